The lowest BCUT2D eigenvalue weighted by Crippen LogP contribution is -2.50. The van der Waals surface area contributed by atoms with Crippen LogP contribution in [0.4, 0.5) is 10.5 Å². The summed E-state index contributed by atoms with van der Waals surface area (Å²) in [5.74, 6) is -0.613. The van der Waals surface area contributed by atoms with Crippen LogP contribution >= 0.6 is 0 Å². The Morgan fingerprint density at radius 1 is 1.23 bits per heavy atom. The van der Waals surface area contributed by atoms with E-state index in [2.05, 4.69) is 10.4 Å². The van der Waals surface area contributed by atoms with Gasteiger partial charge in [-0.15, -0.1) is 0 Å². The molecule has 1 atom stereocenters. The highest BCUT2D eigenvalue weighted by Gasteiger charge is 2.43. The van der Waals surface area contributed by atoms with E-state index in [0.29, 0.717) is 30.9 Å². The molecule has 1 N–H and O–H groups in total. The maximum absolute atomic E-state index is 12.6. The van der Waals surface area contributed by atoms with Gasteiger partial charge in [-0.2, -0.15) is 5.10 Å². The quantitative estimate of drug-likeness (QED) is 0.586. The van der Waals surface area contributed by atoms with Crippen molar-refractivity contribution >= 4 is 34.5 Å². The normalized spacial score (nSPS) is 21.8. The summed E-state index contributed by atoms with van der Waals surface area (Å²) in [5, 5.41) is 8.88. The average molecular weight is 429 g/mol. The molecule has 3 amide bonds. The first-order valence-corrected chi connectivity index (χ1v) is 10.5. The molecule has 10 nitrogen and oxygen atoms in total. The smallest absolute Gasteiger partial charge is 0.306 e. The molecular weight excluding hydrogens is 402 g/mol. The van der Waals surface area contributed by atoms with Gasteiger partial charge >= 0.3 is 6.09 Å². The molecule has 1 aromatic heterocycles. The first kappa shape index (κ1) is 21.1. The number of aryl methyl sites for hydroxylation is 1. The van der Waals surface area contributed by atoms with E-state index in [1.54, 1.807) is 35.7 Å². The highest BCUT2D eigenvalue weighted by molar-refractivity contribution is 6.05. The SMILES string of the molecule is CON(OC(=O)N1CCCCC1)c1ccc2c(C3(C)CCC(=O)NC3=O)nn(C)c2c1. The first-order valence-electron chi connectivity index (χ1n) is 10.5. The van der Waals surface area contributed by atoms with Crippen LogP contribution in [0.3, 0.4) is 0 Å². The molecule has 3 heterocycles. The zero-order chi connectivity index (χ0) is 22.2. The minimum Gasteiger partial charge on any atom is -0.306 e. The molecule has 0 saturated carbocycles. The molecule has 0 spiro atoms. The van der Waals surface area contributed by atoms with E-state index >= 15 is 0 Å². The standard InChI is InChI=1S/C21H27N5O5/c1-21(10-9-17(27)22-19(21)28)18-15-8-7-14(13-16(15)24(2)23-18)26(30-3)31-20(29)25-11-5-4-6-12-25/h7-8,13H,4-6,9-12H2,1-3H3,(H,22,27,28). The summed E-state index contributed by atoms with van der Waals surface area (Å²) in [6.45, 7) is 3.14. The summed E-state index contributed by atoms with van der Waals surface area (Å²) in [6.07, 6.45) is 3.24. The number of benzene rings is 1. The fraction of sp³-hybridized carbons (Fsp3) is 0.524. The van der Waals surface area contributed by atoms with Crippen molar-refractivity contribution in [3.05, 3.63) is 23.9 Å². The Morgan fingerprint density at radius 2 is 1.97 bits per heavy atom. The van der Waals surface area contributed by atoms with Crippen molar-refractivity contribution in [1.29, 1.82) is 0 Å². The van der Waals surface area contributed by atoms with Gasteiger partial charge in [0, 0.05) is 31.9 Å². The van der Waals surface area contributed by atoms with E-state index in [1.807, 2.05) is 6.07 Å². The third kappa shape index (κ3) is 3.83. The maximum atomic E-state index is 12.6. The summed E-state index contributed by atoms with van der Waals surface area (Å²) in [5.41, 5.74) is 0.963. The molecule has 166 valence electrons. The molecule has 1 aromatic carbocycles. The van der Waals surface area contributed by atoms with Crippen molar-refractivity contribution in [2.75, 3.05) is 25.4 Å². The predicted octanol–water partition coefficient (Wildman–Crippen LogP) is 2.17. The molecule has 0 bridgehead atoms. The Balaban J connectivity index is 1.62. The summed E-state index contributed by atoms with van der Waals surface area (Å²) in [6, 6.07) is 5.35. The summed E-state index contributed by atoms with van der Waals surface area (Å²) in [4.78, 5) is 49.1. The lowest BCUT2D eigenvalue weighted by atomic mass is 9.77. The largest absolute Gasteiger partial charge is 0.436 e. The molecule has 2 aromatic rings. The Labute approximate surface area is 180 Å². The van der Waals surface area contributed by atoms with Crippen LogP contribution in [-0.2, 0) is 31.7 Å². The second-order valence-electron chi connectivity index (χ2n) is 8.23. The van der Waals surface area contributed by atoms with Crippen molar-refractivity contribution in [3.63, 3.8) is 0 Å². The van der Waals surface area contributed by atoms with E-state index in [1.165, 1.54) is 7.11 Å². The lowest BCUT2D eigenvalue weighted by Gasteiger charge is -2.30. The number of carbonyl (C=O) groups excluding carboxylic acids is 3. The Bertz CT molecular complexity index is 1030. The number of aromatic nitrogens is 2. The van der Waals surface area contributed by atoms with E-state index in [4.69, 9.17) is 9.68 Å². The van der Waals surface area contributed by atoms with Crippen molar-refractivity contribution in [2.24, 2.45) is 7.05 Å². The number of rotatable bonds is 4. The Morgan fingerprint density at radius 3 is 2.65 bits per heavy atom. The molecule has 0 aliphatic carbocycles. The Kier molecular flexibility index (Phi) is 5.57. The zero-order valence-electron chi connectivity index (χ0n) is 18.0. The van der Waals surface area contributed by atoms with Crippen molar-refractivity contribution in [3.8, 4) is 0 Å². The van der Waals surface area contributed by atoms with Crippen LogP contribution in [0.15, 0.2) is 18.2 Å². The number of piperidine rings is 2. The minimum absolute atomic E-state index is 0.266. The van der Waals surface area contributed by atoms with E-state index < -0.39 is 11.5 Å². The number of carbonyl (C=O) groups is 3. The average Bonchev–Trinajstić information content (AvgIpc) is 3.12. The summed E-state index contributed by atoms with van der Waals surface area (Å²) >= 11 is 0. The number of nitrogens with one attached hydrogen (secondary N) is 1. The van der Waals surface area contributed by atoms with Crippen LogP contribution in [0.2, 0.25) is 0 Å². The summed E-state index contributed by atoms with van der Waals surface area (Å²) in [7, 11) is 3.20. The van der Waals surface area contributed by atoms with Gasteiger partial charge in [0.15, 0.2) is 0 Å². The van der Waals surface area contributed by atoms with Crippen LogP contribution in [0.5, 0.6) is 0 Å². The number of hydrogen-bond acceptors (Lipinski definition) is 7. The second-order valence-corrected chi connectivity index (χ2v) is 8.23. The number of likely N-dealkylation sites (tertiary alicyclic amines) is 1. The topological polar surface area (TPSA) is 106 Å². The van der Waals surface area contributed by atoms with Crippen LogP contribution in [0.25, 0.3) is 10.9 Å². The van der Waals surface area contributed by atoms with Crippen LogP contribution in [0.1, 0.15) is 44.7 Å². The molecule has 0 radical (unpaired) electrons. The number of imide groups is 1. The van der Waals surface area contributed by atoms with Crippen molar-refractivity contribution in [1.82, 2.24) is 20.0 Å². The fourth-order valence-corrected chi connectivity index (χ4v) is 4.20. The van der Waals surface area contributed by atoms with Gasteiger partial charge in [-0.1, -0.05) is 5.23 Å². The van der Waals surface area contributed by atoms with E-state index in [9.17, 15) is 14.4 Å². The molecule has 2 fully saturated rings. The Hall–Kier alpha value is -3.14. The highest BCUT2D eigenvalue weighted by atomic mass is 17.0. The molecule has 31 heavy (non-hydrogen) atoms. The fourth-order valence-electron chi connectivity index (χ4n) is 4.20. The maximum Gasteiger partial charge on any atom is 0.436 e. The molecule has 2 aliphatic rings. The summed E-state index contributed by atoms with van der Waals surface area (Å²) < 4.78 is 1.67. The number of fused-ring (bicyclic) bond motifs is 1. The number of nitrogens with zero attached hydrogens (tertiary/aromatic N) is 4. The molecule has 4 rings (SSSR count). The zero-order valence-corrected chi connectivity index (χ0v) is 18.0. The molecular formula is C21H27N5O5. The van der Waals surface area contributed by atoms with Gasteiger partial charge in [0.25, 0.3) is 0 Å². The third-order valence-electron chi connectivity index (χ3n) is 6.12. The van der Waals surface area contributed by atoms with Crippen LogP contribution < -0.4 is 10.5 Å². The van der Waals surface area contributed by atoms with Crippen LogP contribution in [0, 0.1) is 0 Å². The van der Waals surface area contributed by atoms with Gasteiger partial charge < -0.3 is 4.90 Å². The van der Waals surface area contributed by atoms with Gasteiger partial charge in [-0.05, 0) is 50.8 Å². The first-order chi connectivity index (χ1) is 14.8. The third-order valence-corrected chi connectivity index (χ3v) is 6.12. The molecule has 10 heteroatoms. The molecule has 2 aliphatic heterocycles. The number of anilines is 1. The van der Waals surface area contributed by atoms with Gasteiger partial charge in [0.1, 0.15) is 5.69 Å². The van der Waals surface area contributed by atoms with Gasteiger partial charge in [0.05, 0.1) is 23.7 Å². The minimum atomic E-state index is -0.906. The highest BCUT2D eigenvalue weighted by Crippen LogP contribution is 2.37. The van der Waals surface area contributed by atoms with Crippen molar-refractivity contribution < 1.29 is 24.1 Å². The van der Waals surface area contributed by atoms with Crippen molar-refractivity contribution in [2.45, 2.75) is 44.4 Å². The second kappa shape index (κ2) is 8.18. The van der Waals surface area contributed by atoms with E-state index in [-0.39, 0.29) is 18.2 Å². The molecule has 1 unspecified atom stereocenters. The number of amides is 3. The van der Waals surface area contributed by atoms with Crippen LogP contribution in [-0.4, -0.2) is 52.8 Å². The van der Waals surface area contributed by atoms with E-state index in [0.717, 1.165) is 35.4 Å². The van der Waals surface area contributed by atoms with Gasteiger partial charge in [-0.25, -0.2) is 9.63 Å². The predicted molar refractivity (Wildman–Crippen MR) is 112 cm³/mol. The molecule has 2 saturated heterocycles. The van der Waals surface area contributed by atoms with Gasteiger partial charge in [-0.3, -0.25) is 24.4 Å². The number of hydrogen-bond donors (Lipinski definition) is 1. The monoisotopic (exact) mass is 429 g/mol. The van der Waals surface area contributed by atoms with Gasteiger partial charge in [0.2, 0.25) is 11.8 Å². The lowest BCUT2D eigenvalue weighted by molar-refractivity contribution is -0.137.